The van der Waals surface area contributed by atoms with Gasteiger partial charge in [0.1, 0.15) is 0 Å². The number of aliphatic hydroxyl groups is 2. The highest BCUT2D eigenvalue weighted by molar-refractivity contribution is 7.85. The van der Waals surface area contributed by atoms with Crippen molar-refractivity contribution in [3.05, 3.63) is 0 Å². The highest BCUT2D eigenvalue weighted by Crippen LogP contribution is 2.28. The predicted molar refractivity (Wildman–Crippen MR) is 74.5 cm³/mol. The average Bonchev–Trinajstić information content (AvgIpc) is 2.09. The van der Waals surface area contributed by atoms with E-state index in [0.717, 1.165) is 12.8 Å². The van der Waals surface area contributed by atoms with Crippen LogP contribution in [0.15, 0.2) is 0 Å². The van der Waals surface area contributed by atoms with E-state index in [9.17, 15) is 27.0 Å². The Morgan fingerprint density at radius 1 is 0.750 bits per heavy atom. The van der Waals surface area contributed by atoms with Crippen molar-refractivity contribution < 1.29 is 36.2 Å². The molecule has 1 aliphatic carbocycles. The Morgan fingerprint density at radius 3 is 1.05 bits per heavy atom. The molecule has 0 radical (unpaired) electrons. The quantitative estimate of drug-likeness (QED) is 0.444. The van der Waals surface area contributed by atoms with Gasteiger partial charge < -0.3 is 10.2 Å². The van der Waals surface area contributed by atoms with Crippen LogP contribution in [0.3, 0.4) is 0 Å². The summed E-state index contributed by atoms with van der Waals surface area (Å²) in [5.41, 5.74) is 0. The smallest absolute Gasteiger partial charge is 0.261 e. The maximum Gasteiger partial charge on any atom is 0.261 e. The molecule has 0 aromatic carbocycles. The maximum absolute atomic E-state index is 9.35. The van der Waals surface area contributed by atoms with Crippen LogP contribution in [0.5, 0.6) is 0 Å². The third-order valence-corrected chi connectivity index (χ3v) is 2.54. The SMILES string of the molecule is CS(=O)(=O)O.CS(=O)(=O)O.C[C@H]1C[C@H](O)[C@@H](C)C[C@@H]1O. The first-order chi connectivity index (χ1) is 8.61. The van der Waals surface area contributed by atoms with E-state index in [1.165, 1.54) is 0 Å². The maximum atomic E-state index is 9.35. The van der Waals surface area contributed by atoms with Crippen molar-refractivity contribution in [2.75, 3.05) is 12.5 Å². The van der Waals surface area contributed by atoms with Crippen LogP contribution in [0.1, 0.15) is 26.7 Å². The average molecular weight is 336 g/mol. The molecule has 0 unspecified atom stereocenters. The van der Waals surface area contributed by atoms with Crippen molar-refractivity contribution in [1.29, 1.82) is 0 Å². The van der Waals surface area contributed by atoms with E-state index < -0.39 is 20.2 Å². The van der Waals surface area contributed by atoms with Crippen LogP contribution in [-0.2, 0) is 20.2 Å². The second-order valence-corrected chi connectivity index (χ2v) is 7.96. The van der Waals surface area contributed by atoms with E-state index in [4.69, 9.17) is 9.11 Å². The van der Waals surface area contributed by atoms with Crippen molar-refractivity contribution in [2.24, 2.45) is 11.8 Å². The lowest BCUT2D eigenvalue weighted by atomic mass is 9.80. The predicted octanol–water partition coefficient (Wildman–Crippen LogP) is -0.218. The van der Waals surface area contributed by atoms with E-state index in [2.05, 4.69) is 0 Å². The molecule has 0 aromatic heterocycles. The Bertz CT molecular complexity index is 384. The lowest BCUT2D eigenvalue weighted by Crippen LogP contribution is -2.35. The van der Waals surface area contributed by atoms with Crippen LogP contribution in [0.2, 0.25) is 0 Å². The third-order valence-electron chi connectivity index (χ3n) is 2.54. The summed E-state index contributed by atoms with van der Waals surface area (Å²) in [5, 5.41) is 18.7. The monoisotopic (exact) mass is 336 g/mol. The van der Waals surface area contributed by atoms with E-state index >= 15 is 0 Å². The molecule has 124 valence electrons. The molecule has 4 atom stereocenters. The van der Waals surface area contributed by atoms with Gasteiger partial charge >= 0.3 is 0 Å². The molecule has 0 saturated heterocycles. The molecule has 8 nitrogen and oxygen atoms in total. The van der Waals surface area contributed by atoms with Gasteiger partial charge in [0.15, 0.2) is 0 Å². The lowest BCUT2D eigenvalue weighted by molar-refractivity contribution is -0.0203. The van der Waals surface area contributed by atoms with E-state index in [1.54, 1.807) is 0 Å². The molecule has 0 bridgehead atoms. The Balaban J connectivity index is 0. The van der Waals surface area contributed by atoms with Gasteiger partial charge in [-0.3, -0.25) is 9.11 Å². The lowest BCUT2D eigenvalue weighted by Gasteiger charge is -2.33. The van der Waals surface area contributed by atoms with Gasteiger partial charge in [-0.05, 0) is 24.7 Å². The Kier molecular flexibility index (Phi) is 9.80. The Morgan fingerprint density at radius 2 is 0.900 bits per heavy atom. The van der Waals surface area contributed by atoms with Crippen LogP contribution >= 0.6 is 0 Å². The van der Waals surface area contributed by atoms with Crippen molar-refractivity contribution in [3.8, 4) is 0 Å². The zero-order valence-electron chi connectivity index (χ0n) is 12.0. The van der Waals surface area contributed by atoms with Crippen LogP contribution in [0.4, 0.5) is 0 Å². The van der Waals surface area contributed by atoms with Gasteiger partial charge in [0.05, 0.1) is 24.7 Å². The first-order valence-electron chi connectivity index (χ1n) is 5.82. The zero-order valence-corrected chi connectivity index (χ0v) is 13.6. The molecule has 4 N–H and O–H groups in total. The third kappa shape index (κ3) is 20.1. The van der Waals surface area contributed by atoms with Gasteiger partial charge in [0.2, 0.25) is 0 Å². The number of hydrogen-bond acceptors (Lipinski definition) is 6. The first-order valence-corrected chi connectivity index (χ1v) is 9.52. The molecule has 0 aromatic rings. The molecular weight excluding hydrogens is 312 g/mol. The standard InChI is InChI=1S/C8H16O2.2CH4O3S/c1-5-3-8(10)6(2)4-7(5)9;2*1-5(2,3)4/h5-10H,3-4H2,1-2H3;2*1H3,(H,2,3,4)/t5-,6-,7-,8-;;/m0../s1. The largest absolute Gasteiger partial charge is 0.393 e. The fraction of sp³-hybridized carbons (Fsp3) is 1.00. The summed E-state index contributed by atoms with van der Waals surface area (Å²) in [5.74, 6) is 0.539. The summed E-state index contributed by atoms with van der Waals surface area (Å²) < 4.78 is 51.7. The van der Waals surface area contributed by atoms with Crippen LogP contribution in [0, 0.1) is 11.8 Å². The minimum Gasteiger partial charge on any atom is -0.393 e. The van der Waals surface area contributed by atoms with Crippen molar-refractivity contribution in [2.45, 2.75) is 38.9 Å². The molecular formula is C10H24O8S2. The zero-order chi connectivity index (χ0) is 16.7. The molecule has 0 spiro atoms. The minimum absolute atomic E-state index is 0.196. The molecule has 20 heavy (non-hydrogen) atoms. The molecule has 1 aliphatic rings. The van der Waals surface area contributed by atoms with Gasteiger partial charge in [-0.25, -0.2) is 0 Å². The van der Waals surface area contributed by atoms with Crippen molar-refractivity contribution in [3.63, 3.8) is 0 Å². The number of rotatable bonds is 0. The molecule has 1 fully saturated rings. The summed E-state index contributed by atoms with van der Waals surface area (Å²) in [6, 6.07) is 0. The first kappa shape index (κ1) is 22.0. The highest BCUT2D eigenvalue weighted by Gasteiger charge is 2.29. The van der Waals surface area contributed by atoms with E-state index in [1.807, 2.05) is 13.8 Å². The fourth-order valence-corrected chi connectivity index (χ4v) is 1.54. The fourth-order valence-electron chi connectivity index (χ4n) is 1.54. The topological polar surface area (TPSA) is 149 Å². The molecule has 0 aliphatic heterocycles. The molecule has 10 heteroatoms. The summed E-state index contributed by atoms with van der Waals surface area (Å²) in [4.78, 5) is 0. The van der Waals surface area contributed by atoms with Crippen molar-refractivity contribution >= 4 is 20.2 Å². The molecule has 0 heterocycles. The van der Waals surface area contributed by atoms with Gasteiger partial charge in [0, 0.05) is 0 Å². The van der Waals surface area contributed by atoms with E-state index in [-0.39, 0.29) is 24.0 Å². The molecule has 1 saturated carbocycles. The number of hydrogen-bond donors (Lipinski definition) is 4. The normalized spacial score (nSPS) is 30.4. The van der Waals surface area contributed by atoms with Crippen LogP contribution in [0.25, 0.3) is 0 Å². The molecule has 1 rings (SSSR count). The van der Waals surface area contributed by atoms with Gasteiger partial charge in [-0.1, -0.05) is 13.8 Å². The number of aliphatic hydroxyl groups excluding tert-OH is 2. The summed E-state index contributed by atoms with van der Waals surface area (Å²) in [7, 11) is -7.33. The summed E-state index contributed by atoms with van der Waals surface area (Å²) in [6.45, 7) is 3.97. The minimum atomic E-state index is -3.67. The summed E-state index contributed by atoms with van der Waals surface area (Å²) in [6.07, 6.45) is 2.54. The van der Waals surface area contributed by atoms with Gasteiger partial charge in [-0.15, -0.1) is 0 Å². The van der Waals surface area contributed by atoms with Crippen LogP contribution in [-0.4, -0.2) is 60.9 Å². The molecule has 0 amide bonds. The second-order valence-electron chi connectivity index (χ2n) is 5.03. The van der Waals surface area contributed by atoms with Crippen molar-refractivity contribution in [1.82, 2.24) is 0 Å². The Labute approximate surface area is 120 Å². The Hall–Kier alpha value is -0.260. The highest BCUT2D eigenvalue weighted by atomic mass is 32.2. The second kappa shape index (κ2) is 8.90. The van der Waals surface area contributed by atoms with E-state index in [0.29, 0.717) is 12.5 Å². The van der Waals surface area contributed by atoms with Gasteiger partial charge in [0.25, 0.3) is 20.2 Å². The van der Waals surface area contributed by atoms with Gasteiger partial charge in [-0.2, -0.15) is 16.8 Å². The summed E-state index contributed by atoms with van der Waals surface area (Å²) >= 11 is 0. The van der Waals surface area contributed by atoms with Crippen LogP contribution < -0.4 is 0 Å².